The van der Waals surface area contributed by atoms with Gasteiger partial charge in [0.15, 0.2) is 5.60 Å². The Labute approximate surface area is 482 Å². The molecule has 0 fully saturated rings. The van der Waals surface area contributed by atoms with Gasteiger partial charge in [-0.3, -0.25) is 33.7 Å². The van der Waals surface area contributed by atoms with Crippen LogP contribution < -0.4 is 37.9 Å². The van der Waals surface area contributed by atoms with E-state index in [4.69, 9.17) is 39.1 Å². The van der Waals surface area contributed by atoms with Gasteiger partial charge in [0.1, 0.15) is 31.1 Å². The lowest BCUT2D eigenvalue weighted by Gasteiger charge is -2.31. The van der Waals surface area contributed by atoms with Crippen molar-refractivity contribution in [1.29, 1.82) is 0 Å². The third kappa shape index (κ3) is 14.4. The molecule has 4 aromatic rings. The van der Waals surface area contributed by atoms with Crippen molar-refractivity contribution in [3.8, 4) is 11.4 Å². The predicted octanol–water partition coefficient (Wildman–Crippen LogP) is 2.83. The molecule has 4 aliphatic rings. The van der Waals surface area contributed by atoms with Crippen LogP contribution in [-0.2, 0) is 89.0 Å². The summed E-state index contributed by atoms with van der Waals surface area (Å²) >= 11 is 0. The average molecular weight is 1170 g/mol. The lowest BCUT2D eigenvalue weighted by molar-refractivity contribution is -0.172. The number of imide groups is 1. The van der Waals surface area contributed by atoms with Crippen LogP contribution in [0.1, 0.15) is 97.9 Å². The number of urea groups is 1. The highest BCUT2D eigenvalue weighted by molar-refractivity contribution is 6.12. The molecule has 1 aliphatic carbocycles. The molecule has 5 heterocycles. The van der Waals surface area contributed by atoms with Gasteiger partial charge in [-0.15, -0.1) is 0 Å². The molecule has 450 valence electrons. The monoisotopic (exact) mass is 1170 g/mol. The molecule has 4 atom stereocenters. The van der Waals surface area contributed by atoms with Crippen LogP contribution in [0.5, 0.6) is 0 Å². The molecular weight excluding hydrogens is 1100 g/mol. The van der Waals surface area contributed by atoms with Gasteiger partial charge in [0.2, 0.25) is 17.7 Å². The van der Waals surface area contributed by atoms with E-state index >= 15 is 4.39 Å². The van der Waals surface area contributed by atoms with Gasteiger partial charge in [0.25, 0.3) is 17.4 Å². The number of halogens is 1. The molecule has 84 heavy (non-hydrogen) atoms. The van der Waals surface area contributed by atoms with Crippen molar-refractivity contribution in [2.45, 2.75) is 110 Å². The summed E-state index contributed by atoms with van der Waals surface area (Å²) in [7, 11) is 0. The lowest BCUT2D eigenvalue weighted by atomic mass is 9.81. The van der Waals surface area contributed by atoms with Crippen molar-refractivity contribution in [3.05, 3.63) is 104 Å². The largest absolute Gasteiger partial charge is 0.458 e. The minimum Gasteiger partial charge on any atom is -0.458 e. The van der Waals surface area contributed by atoms with Gasteiger partial charge in [-0.1, -0.05) is 32.9 Å². The second kappa shape index (κ2) is 27.9. The standard InChI is InChI=1S/C58H70FN9O16/c1-5-58(78)39-27-44-51-37(29-68(44)54(74)38(39)31-83-55(58)75)49-41(13-12-36-33(4)40(59)28-43(63-51)48(36)49)65-57(77)84-30-34-8-10-35(11-9-34)62-52(72)42(7-6-17-61-56(60)76)64-53(73)50(32(2)3)66-45(69)16-19-79-21-23-81-25-26-82-24-22-80-20-18-67-46(70)14-15-47(67)71/h8-11,14-15,27-28,32,41-42,50,78H,5-7,12-13,16-26,29-31H2,1-4H3,(H,62,72)(H,64,73)(H,65,77)(H,66,69)(H3,60,61,76)/t41-,42-,50-,58-/m0/s1. The minimum absolute atomic E-state index is 0.0451. The fourth-order valence-corrected chi connectivity index (χ4v) is 10.5. The first-order valence-electron chi connectivity index (χ1n) is 27.9. The zero-order chi connectivity index (χ0) is 60.2. The number of cyclic esters (lactones) is 1. The Morgan fingerprint density at radius 1 is 0.881 bits per heavy atom. The number of aryl methyl sites for hydroxylation is 1. The van der Waals surface area contributed by atoms with Gasteiger partial charge in [0.05, 0.1) is 94.5 Å². The Hall–Kier alpha value is -8.17. The maximum absolute atomic E-state index is 15.5. The number of aliphatic hydroxyl groups is 1. The molecule has 0 radical (unpaired) electrons. The van der Waals surface area contributed by atoms with E-state index in [1.807, 2.05) is 0 Å². The molecule has 0 saturated heterocycles. The van der Waals surface area contributed by atoms with Crippen molar-refractivity contribution in [2.24, 2.45) is 11.7 Å². The summed E-state index contributed by atoms with van der Waals surface area (Å²) in [5.74, 6) is -4.08. The summed E-state index contributed by atoms with van der Waals surface area (Å²) < 4.78 is 49.7. The number of carbonyl (C=O) groups excluding carboxylic acids is 8. The number of alkyl carbamates (subject to hydrolysis) is 1. The van der Waals surface area contributed by atoms with Crippen LogP contribution in [0.2, 0.25) is 0 Å². The van der Waals surface area contributed by atoms with Gasteiger partial charge < -0.3 is 70.4 Å². The molecule has 3 aliphatic heterocycles. The molecule has 2 aromatic heterocycles. The van der Waals surface area contributed by atoms with Gasteiger partial charge in [0, 0.05) is 53.4 Å². The molecule has 0 saturated carbocycles. The second-order valence-corrected chi connectivity index (χ2v) is 21.0. The Balaban J connectivity index is 0.808. The average Bonchev–Trinajstić information content (AvgIpc) is 1.55. The summed E-state index contributed by atoms with van der Waals surface area (Å²) in [6, 6.07) is 5.83. The first kappa shape index (κ1) is 61.9. The van der Waals surface area contributed by atoms with E-state index in [2.05, 4.69) is 26.6 Å². The summed E-state index contributed by atoms with van der Waals surface area (Å²) in [4.78, 5) is 121. The fourth-order valence-electron chi connectivity index (χ4n) is 10.5. The predicted molar refractivity (Wildman–Crippen MR) is 298 cm³/mol. The summed E-state index contributed by atoms with van der Waals surface area (Å²) in [6.07, 6.45) is 2.69. The van der Waals surface area contributed by atoms with Crippen LogP contribution >= 0.6 is 0 Å². The van der Waals surface area contributed by atoms with Gasteiger partial charge in [-0.25, -0.2) is 23.8 Å². The minimum atomic E-state index is -2.05. The number of hydrogen-bond acceptors (Lipinski definition) is 17. The van der Waals surface area contributed by atoms with Crippen LogP contribution in [0.15, 0.2) is 53.3 Å². The second-order valence-electron chi connectivity index (χ2n) is 21.0. The van der Waals surface area contributed by atoms with Crippen LogP contribution in [0.25, 0.3) is 22.3 Å². The van der Waals surface area contributed by atoms with E-state index in [0.29, 0.717) is 76.3 Å². The van der Waals surface area contributed by atoms with Crippen LogP contribution in [0.3, 0.4) is 0 Å². The number of nitrogens with one attached hydrogen (secondary N) is 5. The van der Waals surface area contributed by atoms with Gasteiger partial charge in [-0.05, 0) is 85.4 Å². The zero-order valence-corrected chi connectivity index (χ0v) is 47.2. The number of nitrogens with zero attached hydrogens (tertiary/aromatic N) is 3. The normalized spacial score (nSPS) is 17.3. The first-order valence-corrected chi connectivity index (χ1v) is 27.9. The highest BCUT2D eigenvalue weighted by atomic mass is 19.1. The maximum Gasteiger partial charge on any atom is 0.407 e. The van der Waals surface area contributed by atoms with Gasteiger partial charge in [-0.2, -0.15) is 0 Å². The topological polar surface area (TPSA) is 336 Å². The number of hydrogen-bond donors (Lipinski definition) is 7. The molecule has 8 N–H and O–H groups in total. The number of rotatable bonds is 29. The third-order valence-corrected chi connectivity index (χ3v) is 15.1. The van der Waals surface area contributed by atoms with Gasteiger partial charge >= 0.3 is 18.1 Å². The van der Waals surface area contributed by atoms with Crippen molar-refractivity contribution in [3.63, 3.8) is 0 Å². The highest BCUT2D eigenvalue weighted by Crippen LogP contribution is 2.46. The molecule has 8 rings (SSSR count). The third-order valence-electron chi connectivity index (χ3n) is 15.1. The maximum atomic E-state index is 15.5. The van der Waals surface area contributed by atoms with E-state index in [0.717, 1.165) is 10.5 Å². The van der Waals surface area contributed by atoms with Crippen molar-refractivity contribution in [2.75, 3.05) is 71.3 Å². The quantitative estimate of drug-likeness (QED) is 0.0206. The number of amides is 8. The molecule has 0 bridgehead atoms. The number of ether oxygens (including phenoxy) is 6. The van der Waals surface area contributed by atoms with Crippen molar-refractivity contribution in [1.82, 2.24) is 35.7 Å². The lowest BCUT2D eigenvalue weighted by Crippen LogP contribution is -2.54. The molecule has 0 unspecified atom stereocenters. The number of pyridine rings is 2. The van der Waals surface area contributed by atoms with E-state index in [1.54, 1.807) is 58.0 Å². The van der Waals surface area contributed by atoms with Crippen molar-refractivity contribution < 1.29 is 76.3 Å². The Morgan fingerprint density at radius 2 is 1.55 bits per heavy atom. The van der Waals surface area contributed by atoms with E-state index in [9.17, 15) is 48.3 Å². The summed E-state index contributed by atoms with van der Waals surface area (Å²) in [5.41, 5.74) is 7.40. The molecular formula is C58H70FN9O16. The number of primary amides is 1. The number of fused-ring (bicyclic) bond motifs is 5. The summed E-state index contributed by atoms with van der Waals surface area (Å²) in [6.45, 7) is 8.47. The number of anilines is 1. The number of esters is 1. The Bertz CT molecular complexity index is 3260. The molecule has 2 aromatic carbocycles. The molecule has 8 amide bonds. The van der Waals surface area contributed by atoms with E-state index in [-0.39, 0.29) is 127 Å². The van der Waals surface area contributed by atoms with E-state index in [1.165, 1.54) is 22.8 Å². The SMILES string of the molecule is CC[C@@]1(O)C(=O)OCc2c1cc1n(c2=O)Cc2c-1nc1cc(F)c(C)c3c1c2[C@@H](NC(=O)OCc1ccc(NC(=O)[C@H](CCCNC(N)=O)NC(=O)[C@@H](NC(=O)CCOCCOCCOCCOCCN2C(=O)C=CC2=O)C(C)C)cc1)CC3. The van der Waals surface area contributed by atoms with Crippen LogP contribution in [0, 0.1) is 18.7 Å². The smallest absolute Gasteiger partial charge is 0.407 e. The molecule has 0 spiro atoms. The first-order chi connectivity index (χ1) is 40.3. The summed E-state index contributed by atoms with van der Waals surface area (Å²) in [5, 5.41) is 25.8. The Kier molecular flexibility index (Phi) is 20.6. The molecule has 25 nitrogen and oxygen atoms in total. The number of benzene rings is 2. The van der Waals surface area contributed by atoms with Crippen LogP contribution in [0.4, 0.5) is 19.7 Å². The molecule has 26 heteroatoms. The van der Waals surface area contributed by atoms with E-state index < -0.39 is 70.9 Å². The van der Waals surface area contributed by atoms with Crippen LogP contribution in [-0.4, -0.2) is 145 Å². The zero-order valence-electron chi connectivity index (χ0n) is 47.2. The number of aromatic nitrogens is 2. The number of nitrogens with two attached hydrogens (primary N) is 1. The fraction of sp³-hybridized carbons (Fsp3) is 0.483. The Morgan fingerprint density at radius 3 is 2.20 bits per heavy atom. The number of carbonyl (C=O) groups is 8. The van der Waals surface area contributed by atoms with Crippen molar-refractivity contribution >= 4 is 64.2 Å². The highest BCUT2D eigenvalue weighted by Gasteiger charge is 2.46.